The molecular weight excluding hydrogens is 376 g/mol. The lowest BCUT2D eigenvalue weighted by atomic mass is 9.99. The summed E-state index contributed by atoms with van der Waals surface area (Å²) in [5.41, 5.74) is 2.87. The number of aromatic nitrogens is 1. The van der Waals surface area contributed by atoms with Gasteiger partial charge in [-0.05, 0) is 23.3 Å². The maximum Gasteiger partial charge on any atom is 0.315 e. The molecule has 1 aromatic heterocycles. The molecular formula is C24H26N4O2. The van der Waals surface area contributed by atoms with Gasteiger partial charge in [0.25, 0.3) is 0 Å². The fraction of sp³-hybridized carbons (Fsp3) is 0.208. The van der Waals surface area contributed by atoms with Crippen molar-refractivity contribution in [3.63, 3.8) is 0 Å². The molecule has 0 aliphatic carbocycles. The Labute approximate surface area is 177 Å². The molecule has 0 bridgehead atoms. The van der Waals surface area contributed by atoms with E-state index in [1.54, 1.807) is 18.1 Å². The van der Waals surface area contributed by atoms with Crippen molar-refractivity contribution in [3.05, 3.63) is 102 Å². The Morgan fingerprint density at radius 2 is 1.50 bits per heavy atom. The summed E-state index contributed by atoms with van der Waals surface area (Å²) in [5, 5.41) is 5.65. The first-order chi connectivity index (χ1) is 14.6. The second-order valence-corrected chi connectivity index (χ2v) is 6.97. The molecule has 2 N–H and O–H groups in total. The monoisotopic (exact) mass is 402 g/mol. The number of likely N-dealkylation sites (N-methyl/N-ethyl adjacent to an activating group) is 1. The van der Waals surface area contributed by atoms with Crippen molar-refractivity contribution in [2.24, 2.45) is 0 Å². The van der Waals surface area contributed by atoms with Gasteiger partial charge in [0.1, 0.15) is 0 Å². The highest BCUT2D eigenvalue weighted by Gasteiger charge is 2.17. The molecule has 0 radical (unpaired) electrons. The van der Waals surface area contributed by atoms with Crippen LogP contribution in [0.1, 0.15) is 22.9 Å². The normalized spacial score (nSPS) is 10.5. The van der Waals surface area contributed by atoms with Crippen molar-refractivity contribution in [3.8, 4) is 0 Å². The second kappa shape index (κ2) is 10.8. The lowest BCUT2D eigenvalue weighted by molar-refractivity contribution is -0.128. The Morgan fingerprint density at radius 1 is 0.900 bits per heavy atom. The first kappa shape index (κ1) is 21.0. The third-order valence-corrected chi connectivity index (χ3v) is 4.80. The Balaban J connectivity index is 1.53. The molecule has 3 aromatic rings. The molecule has 0 aliphatic rings. The number of hydrogen-bond donors (Lipinski definition) is 2. The van der Waals surface area contributed by atoms with Crippen molar-refractivity contribution in [2.45, 2.75) is 12.5 Å². The van der Waals surface area contributed by atoms with E-state index in [9.17, 15) is 9.59 Å². The van der Waals surface area contributed by atoms with Gasteiger partial charge in [-0.1, -0.05) is 66.7 Å². The molecule has 3 rings (SSSR count). The minimum atomic E-state index is -0.390. The molecule has 0 unspecified atom stereocenters. The van der Waals surface area contributed by atoms with Gasteiger partial charge in [0.2, 0.25) is 5.91 Å². The number of pyridine rings is 1. The number of hydrogen-bond acceptors (Lipinski definition) is 3. The van der Waals surface area contributed by atoms with Crippen LogP contribution in [-0.2, 0) is 11.2 Å². The largest absolute Gasteiger partial charge is 0.344 e. The smallest absolute Gasteiger partial charge is 0.315 e. The van der Waals surface area contributed by atoms with E-state index in [0.717, 1.165) is 16.8 Å². The van der Waals surface area contributed by atoms with Crippen molar-refractivity contribution in [1.29, 1.82) is 0 Å². The molecule has 0 saturated heterocycles. The maximum atomic E-state index is 12.5. The first-order valence-electron chi connectivity index (χ1n) is 9.91. The van der Waals surface area contributed by atoms with Crippen molar-refractivity contribution in [2.75, 3.05) is 20.1 Å². The van der Waals surface area contributed by atoms with Gasteiger partial charge in [0.15, 0.2) is 0 Å². The van der Waals surface area contributed by atoms with E-state index in [2.05, 4.69) is 15.6 Å². The van der Waals surface area contributed by atoms with Crippen LogP contribution in [0, 0.1) is 0 Å². The van der Waals surface area contributed by atoms with Gasteiger partial charge >= 0.3 is 6.03 Å². The van der Waals surface area contributed by atoms with E-state index in [1.807, 2.05) is 78.9 Å². The number of carbonyl (C=O) groups excluding carboxylic acids is 2. The molecule has 154 valence electrons. The van der Waals surface area contributed by atoms with Crippen LogP contribution in [0.3, 0.4) is 0 Å². The molecule has 0 spiro atoms. The van der Waals surface area contributed by atoms with Crippen LogP contribution < -0.4 is 10.6 Å². The fourth-order valence-electron chi connectivity index (χ4n) is 3.08. The molecule has 0 fully saturated rings. The van der Waals surface area contributed by atoms with Crippen LogP contribution in [0.15, 0.2) is 85.1 Å². The molecule has 30 heavy (non-hydrogen) atoms. The van der Waals surface area contributed by atoms with Crippen molar-refractivity contribution >= 4 is 11.9 Å². The van der Waals surface area contributed by atoms with Gasteiger partial charge in [-0.3, -0.25) is 9.78 Å². The summed E-state index contributed by atoms with van der Waals surface area (Å²) in [7, 11) is 1.72. The highest BCUT2D eigenvalue weighted by molar-refractivity contribution is 5.84. The predicted molar refractivity (Wildman–Crippen MR) is 117 cm³/mol. The summed E-state index contributed by atoms with van der Waals surface area (Å²) in [5.74, 6) is -0.156. The number of benzene rings is 2. The predicted octanol–water partition coefficient (Wildman–Crippen LogP) is 3.17. The average molecular weight is 402 g/mol. The summed E-state index contributed by atoms with van der Waals surface area (Å²) >= 11 is 0. The van der Waals surface area contributed by atoms with Gasteiger partial charge in [-0.25, -0.2) is 4.79 Å². The minimum absolute atomic E-state index is 0.0686. The van der Waals surface area contributed by atoms with E-state index in [0.29, 0.717) is 13.0 Å². The molecule has 6 heteroatoms. The highest BCUT2D eigenvalue weighted by Crippen LogP contribution is 2.21. The third-order valence-electron chi connectivity index (χ3n) is 4.80. The van der Waals surface area contributed by atoms with Crippen LogP contribution in [0.5, 0.6) is 0 Å². The molecule has 0 atom stereocenters. The third kappa shape index (κ3) is 6.17. The van der Waals surface area contributed by atoms with E-state index in [4.69, 9.17) is 0 Å². The molecule has 0 saturated carbocycles. The average Bonchev–Trinajstić information content (AvgIpc) is 2.81. The molecule has 1 heterocycles. The van der Waals surface area contributed by atoms with Crippen LogP contribution in [0.4, 0.5) is 4.79 Å². The van der Waals surface area contributed by atoms with E-state index in [-0.39, 0.29) is 24.5 Å². The molecule has 6 nitrogen and oxygen atoms in total. The van der Waals surface area contributed by atoms with Gasteiger partial charge < -0.3 is 15.5 Å². The van der Waals surface area contributed by atoms with E-state index < -0.39 is 0 Å². The van der Waals surface area contributed by atoms with Crippen LogP contribution >= 0.6 is 0 Å². The van der Waals surface area contributed by atoms with Crippen LogP contribution in [0.2, 0.25) is 0 Å². The fourth-order valence-corrected chi connectivity index (χ4v) is 3.08. The second-order valence-electron chi connectivity index (χ2n) is 6.97. The van der Waals surface area contributed by atoms with E-state index >= 15 is 0 Å². The zero-order valence-corrected chi connectivity index (χ0v) is 17.0. The van der Waals surface area contributed by atoms with Gasteiger partial charge in [0, 0.05) is 31.9 Å². The highest BCUT2D eigenvalue weighted by atomic mass is 16.2. The Hall–Kier alpha value is -3.67. The SMILES string of the molecule is CN(CCc1ccccn1)C(=O)CNC(=O)NC(c1ccccc1)c1ccccc1. The summed E-state index contributed by atoms with van der Waals surface area (Å²) < 4.78 is 0. The minimum Gasteiger partial charge on any atom is -0.344 e. The summed E-state index contributed by atoms with van der Waals surface area (Å²) in [6.45, 7) is 0.469. The number of urea groups is 1. The standard InChI is InChI=1S/C24H26N4O2/c1-28(17-15-21-14-8-9-16-25-21)22(29)18-26-24(30)27-23(19-10-4-2-5-11-19)20-12-6-3-7-13-20/h2-14,16,23H,15,17-18H2,1H3,(H2,26,27,30). The van der Waals surface area contributed by atoms with E-state index in [1.165, 1.54) is 0 Å². The number of nitrogens with one attached hydrogen (secondary N) is 2. The first-order valence-corrected chi connectivity index (χ1v) is 9.91. The van der Waals surface area contributed by atoms with Crippen molar-refractivity contribution in [1.82, 2.24) is 20.5 Å². The summed E-state index contributed by atoms with van der Waals surface area (Å²) in [6, 6.07) is 24.5. The Bertz CT molecular complexity index is 894. The topological polar surface area (TPSA) is 74.3 Å². The number of amides is 3. The molecule has 0 aliphatic heterocycles. The number of carbonyl (C=O) groups is 2. The van der Waals surface area contributed by atoms with Gasteiger partial charge in [0.05, 0.1) is 12.6 Å². The Kier molecular flexibility index (Phi) is 7.55. The maximum absolute atomic E-state index is 12.5. The summed E-state index contributed by atoms with van der Waals surface area (Å²) in [6.07, 6.45) is 2.40. The zero-order chi connectivity index (χ0) is 21.2. The van der Waals surface area contributed by atoms with Gasteiger partial charge in [-0.2, -0.15) is 0 Å². The zero-order valence-electron chi connectivity index (χ0n) is 17.0. The summed E-state index contributed by atoms with van der Waals surface area (Å²) in [4.78, 5) is 30.7. The lowest BCUT2D eigenvalue weighted by Crippen LogP contribution is -2.44. The number of rotatable bonds is 8. The lowest BCUT2D eigenvalue weighted by Gasteiger charge is -2.21. The molecule has 2 aromatic carbocycles. The van der Waals surface area contributed by atoms with Crippen LogP contribution in [0.25, 0.3) is 0 Å². The van der Waals surface area contributed by atoms with Crippen LogP contribution in [-0.4, -0.2) is 42.0 Å². The molecule has 3 amide bonds. The quantitative estimate of drug-likeness (QED) is 0.608. The van der Waals surface area contributed by atoms with Gasteiger partial charge in [-0.15, -0.1) is 0 Å². The Morgan fingerprint density at radius 3 is 2.07 bits per heavy atom. The number of nitrogens with zero attached hydrogens (tertiary/aromatic N) is 2. The van der Waals surface area contributed by atoms with Crippen molar-refractivity contribution < 1.29 is 9.59 Å².